The van der Waals surface area contributed by atoms with E-state index in [1.165, 1.54) is 0 Å². The number of carbonyl (C=O) groups is 2. The molecular weight excluding hydrogens is 316 g/mol. The first-order valence-electron chi connectivity index (χ1n) is 9.05. The molecule has 2 rings (SSSR count). The summed E-state index contributed by atoms with van der Waals surface area (Å²) in [7, 11) is 2.07. The van der Waals surface area contributed by atoms with Crippen molar-refractivity contribution in [3.8, 4) is 0 Å². The lowest BCUT2D eigenvalue weighted by molar-refractivity contribution is -0.137. The van der Waals surface area contributed by atoms with Crippen LogP contribution in [0.3, 0.4) is 0 Å². The van der Waals surface area contributed by atoms with Gasteiger partial charge in [0.25, 0.3) is 0 Å². The lowest BCUT2D eigenvalue weighted by atomic mass is 9.96. The zero-order chi connectivity index (χ0) is 18.2. The zero-order valence-electron chi connectivity index (χ0n) is 15.3. The van der Waals surface area contributed by atoms with E-state index in [0.717, 1.165) is 37.3 Å². The van der Waals surface area contributed by atoms with E-state index in [1.54, 1.807) is 0 Å². The Hall–Kier alpha value is -1.92. The summed E-state index contributed by atoms with van der Waals surface area (Å²) in [5.74, 6) is -0.121. The van der Waals surface area contributed by atoms with Crippen LogP contribution in [0.2, 0.25) is 0 Å². The van der Waals surface area contributed by atoms with Gasteiger partial charge in [0, 0.05) is 45.7 Å². The predicted molar refractivity (Wildman–Crippen MR) is 98.9 cm³/mol. The highest BCUT2D eigenvalue weighted by Gasteiger charge is 2.27. The molecule has 1 saturated heterocycles. The summed E-state index contributed by atoms with van der Waals surface area (Å²) in [6.07, 6.45) is 1.06. The number of benzene rings is 1. The number of nitrogens with one attached hydrogen (secondary N) is 1. The molecule has 0 radical (unpaired) electrons. The van der Waals surface area contributed by atoms with Crippen molar-refractivity contribution in [2.45, 2.75) is 26.3 Å². The van der Waals surface area contributed by atoms with Crippen LogP contribution in [0.25, 0.3) is 0 Å². The van der Waals surface area contributed by atoms with Gasteiger partial charge in [-0.1, -0.05) is 31.2 Å². The Morgan fingerprint density at radius 2 is 1.72 bits per heavy atom. The number of nitrogens with two attached hydrogens (primary N) is 1. The maximum Gasteiger partial charge on any atom is 0.227 e. The molecule has 3 N–H and O–H groups in total. The Bertz CT molecular complexity index is 565. The molecule has 1 atom stereocenters. The molecule has 0 spiro atoms. The van der Waals surface area contributed by atoms with E-state index in [9.17, 15) is 9.59 Å². The van der Waals surface area contributed by atoms with Crippen LogP contribution in [-0.4, -0.2) is 61.4 Å². The number of hydrogen-bond acceptors (Lipinski definition) is 4. The van der Waals surface area contributed by atoms with Gasteiger partial charge in [-0.2, -0.15) is 0 Å². The summed E-state index contributed by atoms with van der Waals surface area (Å²) in [4.78, 5) is 28.8. The van der Waals surface area contributed by atoms with Crippen molar-refractivity contribution in [1.29, 1.82) is 0 Å². The summed E-state index contributed by atoms with van der Waals surface area (Å²) >= 11 is 0. The number of piperazine rings is 1. The number of hydrogen-bond donors (Lipinski definition) is 2. The highest BCUT2D eigenvalue weighted by molar-refractivity contribution is 5.81. The van der Waals surface area contributed by atoms with Gasteiger partial charge in [0.2, 0.25) is 11.8 Å². The number of likely N-dealkylation sites (N-methyl/N-ethyl adjacent to an activating group) is 1. The Morgan fingerprint density at radius 3 is 2.28 bits per heavy atom. The third kappa shape index (κ3) is 5.83. The maximum atomic E-state index is 13.0. The lowest BCUT2D eigenvalue weighted by Gasteiger charge is -2.34. The van der Waals surface area contributed by atoms with Crippen LogP contribution in [0.15, 0.2) is 24.3 Å². The first-order valence-corrected chi connectivity index (χ1v) is 9.05. The fourth-order valence-corrected chi connectivity index (χ4v) is 2.99. The lowest BCUT2D eigenvalue weighted by Crippen LogP contribution is -2.50. The van der Waals surface area contributed by atoms with Gasteiger partial charge in [0.1, 0.15) is 0 Å². The standard InChI is InChI=1S/C19H30N4O2/c1-3-18(24)21-14-17(12-15-4-6-16(13-20)7-5-15)19(25)23-10-8-22(2)9-11-23/h4-7,17H,3,8-14,20H2,1-2H3,(H,21,24)/t17-/m0/s1. The number of rotatable bonds is 7. The van der Waals surface area contributed by atoms with Crippen LogP contribution in [0.4, 0.5) is 0 Å². The topological polar surface area (TPSA) is 78.7 Å². The van der Waals surface area contributed by atoms with E-state index in [-0.39, 0.29) is 17.7 Å². The SMILES string of the molecule is CCC(=O)NC[C@H](Cc1ccc(CN)cc1)C(=O)N1CCN(C)CC1. The Balaban J connectivity index is 2.05. The number of nitrogens with zero attached hydrogens (tertiary/aromatic N) is 2. The molecule has 25 heavy (non-hydrogen) atoms. The molecule has 1 aromatic carbocycles. The molecule has 1 heterocycles. The van der Waals surface area contributed by atoms with Crippen LogP contribution < -0.4 is 11.1 Å². The van der Waals surface area contributed by atoms with Gasteiger partial charge in [-0.15, -0.1) is 0 Å². The van der Waals surface area contributed by atoms with E-state index < -0.39 is 0 Å². The van der Waals surface area contributed by atoms with Crippen LogP contribution in [0.5, 0.6) is 0 Å². The van der Waals surface area contributed by atoms with Crippen LogP contribution >= 0.6 is 0 Å². The minimum atomic E-state index is -0.234. The van der Waals surface area contributed by atoms with Crippen molar-refractivity contribution >= 4 is 11.8 Å². The van der Waals surface area contributed by atoms with Gasteiger partial charge in [0.05, 0.1) is 5.92 Å². The Labute approximate surface area is 150 Å². The number of amides is 2. The average Bonchev–Trinajstić information content (AvgIpc) is 2.65. The first kappa shape index (κ1) is 19.4. The van der Waals surface area contributed by atoms with Crippen LogP contribution in [0.1, 0.15) is 24.5 Å². The Kier molecular flexibility index (Phi) is 7.40. The van der Waals surface area contributed by atoms with E-state index in [0.29, 0.717) is 25.9 Å². The molecule has 1 fully saturated rings. The highest BCUT2D eigenvalue weighted by Crippen LogP contribution is 2.14. The average molecular weight is 346 g/mol. The summed E-state index contributed by atoms with van der Waals surface area (Å²) in [5, 5.41) is 2.89. The summed E-state index contributed by atoms with van der Waals surface area (Å²) in [6, 6.07) is 8.04. The van der Waals surface area contributed by atoms with Crippen molar-refractivity contribution in [3.05, 3.63) is 35.4 Å². The highest BCUT2D eigenvalue weighted by atomic mass is 16.2. The summed E-state index contributed by atoms with van der Waals surface area (Å²) in [6.45, 7) is 6.00. The quantitative estimate of drug-likeness (QED) is 0.758. The molecule has 6 heteroatoms. The second-order valence-corrected chi connectivity index (χ2v) is 6.71. The molecule has 1 aromatic rings. The largest absolute Gasteiger partial charge is 0.355 e. The number of carbonyl (C=O) groups excluding carboxylic acids is 2. The predicted octanol–water partition coefficient (Wildman–Crippen LogP) is 0.604. The van der Waals surface area contributed by atoms with Crippen molar-refractivity contribution in [1.82, 2.24) is 15.1 Å². The normalized spacial score (nSPS) is 16.5. The summed E-state index contributed by atoms with van der Waals surface area (Å²) in [5.41, 5.74) is 7.81. The van der Waals surface area contributed by atoms with E-state index in [1.807, 2.05) is 36.1 Å². The Morgan fingerprint density at radius 1 is 1.12 bits per heavy atom. The molecule has 0 saturated carbocycles. The van der Waals surface area contributed by atoms with Gasteiger partial charge >= 0.3 is 0 Å². The minimum absolute atomic E-state index is 0.0188. The molecule has 138 valence electrons. The molecule has 0 unspecified atom stereocenters. The van der Waals surface area contributed by atoms with Crippen LogP contribution in [-0.2, 0) is 22.6 Å². The summed E-state index contributed by atoms with van der Waals surface area (Å²) < 4.78 is 0. The van der Waals surface area contributed by atoms with E-state index >= 15 is 0 Å². The molecule has 2 amide bonds. The van der Waals surface area contributed by atoms with Gasteiger partial charge in [-0.05, 0) is 24.6 Å². The van der Waals surface area contributed by atoms with E-state index in [2.05, 4.69) is 17.3 Å². The molecule has 1 aliphatic heterocycles. The second-order valence-electron chi connectivity index (χ2n) is 6.71. The fourth-order valence-electron chi connectivity index (χ4n) is 2.99. The smallest absolute Gasteiger partial charge is 0.227 e. The molecule has 0 aliphatic carbocycles. The molecule has 0 bridgehead atoms. The second kappa shape index (κ2) is 9.53. The zero-order valence-corrected chi connectivity index (χ0v) is 15.3. The van der Waals surface area contributed by atoms with Crippen molar-refractivity contribution in [2.75, 3.05) is 39.8 Å². The third-order valence-electron chi connectivity index (χ3n) is 4.77. The maximum absolute atomic E-state index is 13.0. The van der Waals surface area contributed by atoms with Gasteiger partial charge < -0.3 is 20.9 Å². The van der Waals surface area contributed by atoms with Crippen molar-refractivity contribution in [2.24, 2.45) is 11.7 Å². The monoisotopic (exact) mass is 346 g/mol. The van der Waals surface area contributed by atoms with Crippen molar-refractivity contribution in [3.63, 3.8) is 0 Å². The van der Waals surface area contributed by atoms with Gasteiger partial charge in [-0.3, -0.25) is 9.59 Å². The first-order chi connectivity index (χ1) is 12.0. The molecule has 1 aliphatic rings. The van der Waals surface area contributed by atoms with Gasteiger partial charge in [0.15, 0.2) is 0 Å². The fraction of sp³-hybridized carbons (Fsp3) is 0.579. The van der Waals surface area contributed by atoms with Gasteiger partial charge in [-0.25, -0.2) is 0 Å². The third-order valence-corrected chi connectivity index (χ3v) is 4.77. The van der Waals surface area contributed by atoms with Crippen LogP contribution in [0, 0.1) is 5.92 Å². The molecular formula is C19H30N4O2. The minimum Gasteiger partial charge on any atom is -0.355 e. The van der Waals surface area contributed by atoms with E-state index in [4.69, 9.17) is 5.73 Å². The molecule has 0 aromatic heterocycles. The molecule has 6 nitrogen and oxygen atoms in total. The van der Waals surface area contributed by atoms with Crippen molar-refractivity contribution < 1.29 is 9.59 Å².